The highest BCUT2D eigenvalue weighted by Crippen LogP contribution is 1.93. The van der Waals surface area contributed by atoms with Crippen molar-refractivity contribution in [3.05, 3.63) is 0 Å². The van der Waals surface area contributed by atoms with Gasteiger partial charge >= 0.3 is 0 Å². The molecule has 0 aliphatic heterocycles. The van der Waals surface area contributed by atoms with Crippen LogP contribution in [0.25, 0.3) is 0 Å². The Morgan fingerprint density at radius 3 is 2.67 bits per heavy atom. The Morgan fingerprint density at radius 1 is 1.56 bits per heavy atom. The molecule has 0 heterocycles. The molecule has 2 nitrogen and oxygen atoms in total. The van der Waals surface area contributed by atoms with Gasteiger partial charge in [-0.2, -0.15) is 0 Å². The van der Waals surface area contributed by atoms with E-state index in [1.54, 1.807) is 0 Å². The highest BCUT2D eigenvalue weighted by molar-refractivity contribution is 7.80. The summed E-state index contributed by atoms with van der Waals surface area (Å²) >= 11 is 4.50. The van der Waals surface area contributed by atoms with E-state index in [2.05, 4.69) is 19.1 Å². The van der Waals surface area contributed by atoms with E-state index in [-0.39, 0.29) is 5.17 Å². The summed E-state index contributed by atoms with van der Waals surface area (Å²) in [5.74, 6) is 0. The molecule has 0 rings (SSSR count). The van der Waals surface area contributed by atoms with Crippen molar-refractivity contribution in [2.45, 2.75) is 26.2 Å². The maximum atomic E-state index is 5.08. The Morgan fingerprint density at radius 2 is 2.22 bits per heavy atom. The lowest BCUT2D eigenvalue weighted by molar-refractivity contribution is 0.297. The third-order valence-corrected chi connectivity index (χ3v) is 1.11. The highest BCUT2D eigenvalue weighted by Gasteiger charge is 1.87. The molecular formula is C6H13NOS. The van der Waals surface area contributed by atoms with E-state index in [1.807, 2.05) is 0 Å². The Hall–Kier alpha value is -0.310. The normalized spacial score (nSPS) is 9.00. The lowest BCUT2D eigenvalue weighted by Crippen LogP contribution is -2.13. The fourth-order valence-corrected chi connectivity index (χ4v) is 0.608. The summed E-state index contributed by atoms with van der Waals surface area (Å²) in [6.45, 7) is 2.81. The predicted octanol–water partition coefficient (Wildman–Crippen LogP) is 1.44. The van der Waals surface area contributed by atoms with E-state index in [4.69, 9.17) is 10.5 Å². The van der Waals surface area contributed by atoms with Crippen molar-refractivity contribution < 1.29 is 4.74 Å². The van der Waals surface area contributed by atoms with Crippen LogP contribution in [0.1, 0.15) is 26.2 Å². The first-order valence-electron chi connectivity index (χ1n) is 3.19. The molecule has 0 radical (unpaired) electrons. The molecule has 54 valence electrons. The van der Waals surface area contributed by atoms with Gasteiger partial charge in [0.05, 0.1) is 6.61 Å². The fourth-order valence-electron chi connectivity index (χ4n) is 0.525. The van der Waals surface area contributed by atoms with Crippen LogP contribution in [-0.2, 0) is 4.74 Å². The molecule has 0 aliphatic rings. The average Bonchev–Trinajstić information content (AvgIpc) is 1.80. The number of ether oxygens (including phenoxy) is 1. The van der Waals surface area contributed by atoms with E-state index in [1.165, 1.54) is 12.8 Å². The van der Waals surface area contributed by atoms with Crippen molar-refractivity contribution >= 4 is 17.4 Å². The number of thiocarbonyl (C=S) groups is 1. The van der Waals surface area contributed by atoms with E-state index in [0.717, 1.165) is 6.42 Å². The second-order valence-electron chi connectivity index (χ2n) is 1.87. The van der Waals surface area contributed by atoms with E-state index in [0.29, 0.717) is 6.61 Å². The Bertz CT molecular complexity index is 85.1. The summed E-state index contributed by atoms with van der Waals surface area (Å²) in [4.78, 5) is 0. The molecule has 3 heteroatoms. The summed E-state index contributed by atoms with van der Waals surface area (Å²) in [7, 11) is 0. The monoisotopic (exact) mass is 147 g/mol. The van der Waals surface area contributed by atoms with Crippen molar-refractivity contribution in [3.8, 4) is 0 Å². The molecule has 0 unspecified atom stereocenters. The van der Waals surface area contributed by atoms with E-state index in [9.17, 15) is 0 Å². The average molecular weight is 147 g/mol. The van der Waals surface area contributed by atoms with Crippen LogP contribution < -0.4 is 5.73 Å². The van der Waals surface area contributed by atoms with Gasteiger partial charge in [-0.3, -0.25) is 0 Å². The standard InChI is InChI=1S/C6H13NOS/c1-2-3-4-5-8-6(7)9/h2-5H2,1H3,(H2,7,9). The van der Waals surface area contributed by atoms with Crippen molar-refractivity contribution in [1.29, 1.82) is 0 Å². The smallest absolute Gasteiger partial charge is 0.253 e. The van der Waals surface area contributed by atoms with Crippen molar-refractivity contribution in [2.75, 3.05) is 6.61 Å². The van der Waals surface area contributed by atoms with Gasteiger partial charge in [0.1, 0.15) is 0 Å². The number of hydrogen-bond acceptors (Lipinski definition) is 2. The molecule has 0 aromatic rings. The number of unbranched alkanes of at least 4 members (excludes halogenated alkanes) is 2. The first-order valence-corrected chi connectivity index (χ1v) is 3.60. The minimum atomic E-state index is 0.158. The van der Waals surface area contributed by atoms with Crippen LogP contribution in [0.3, 0.4) is 0 Å². The maximum Gasteiger partial charge on any atom is 0.253 e. The Balaban J connectivity index is 2.83. The Labute approximate surface area is 61.4 Å². The van der Waals surface area contributed by atoms with Crippen molar-refractivity contribution in [1.82, 2.24) is 0 Å². The third kappa shape index (κ3) is 7.69. The third-order valence-electron chi connectivity index (χ3n) is 0.992. The number of rotatable bonds is 4. The van der Waals surface area contributed by atoms with Gasteiger partial charge in [-0.05, 0) is 18.6 Å². The van der Waals surface area contributed by atoms with Crippen LogP contribution in [-0.4, -0.2) is 11.8 Å². The van der Waals surface area contributed by atoms with Crippen LogP contribution in [0.4, 0.5) is 0 Å². The Kier molecular flexibility index (Phi) is 5.62. The van der Waals surface area contributed by atoms with Crippen LogP contribution in [0.5, 0.6) is 0 Å². The van der Waals surface area contributed by atoms with Crippen molar-refractivity contribution in [3.63, 3.8) is 0 Å². The summed E-state index contributed by atoms with van der Waals surface area (Å²) in [5.41, 5.74) is 5.08. The summed E-state index contributed by atoms with van der Waals surface area (Å²) in [6, 6.07) is 0. The zero-order chi connectivity index (χ0) is 7.11. The molecule has 0 aromatic heterocycles. The van der Waals surface area contributed by atoms with E-state index >= 15 is 0 Å². The lowest BCUT2D eigenvalue weighted by Gasteiger charge is -2.00. The van der Waals surface area contributed by atoms with Crippen LogP contribution in [0.2, 0.25) is 0 Å². The zero-order valence-electron chi connectivity index (χ0n) is 5.72. The quantitative estimate of drug-likeness (QED) is 0.482. The lowest BCUT2D eigenvalue weighted by atomic mass is 10.3. The molecule has 0 aliphatic carbocycles. The second kappa shape index (κ2) is 5.82. The van der Waals surface area contributed by atoms with Crippen LogP contribution in [0.15, 0.2) is 0 Å². The predicted molar refractivity (Wildman–Crippen MR) is 42.3 cm³/mol. The van der Waals surface area contributed by atoms with E-state index < -0.39 is 0 Å². The molecular weight excluding hydrogens is 134 g/mol. The minimum absolute atomic E-state index is 0.158. The van der Waals surface area contributed by atoms with Gasteiger partial charge in [-0.25, -0.2) is 0 Å². The topological polar surface area (TPSA) is 35.2 Å². The van der Waals surface area contributed by atoms with Gasteiger partial charge in [-0.15, -0.1) is 0 Å². The molecule has 0 spiro atoms. The summed E-state index contributed by atoms with van der Waals surface area (Å²) in [6.07, 6.45) is 3.43. The minimum Gasteiger partial charge on any atom is -0.471 e. The maximum absolute atomic E-state index is 5.08. The summed E-state index contributed by atoms with van der Waals surface area (Å²) < 4.78 is 4.85. The molecule has 0 fully saturated rings. The molecule has 0 saturated heterocycles. The number of nitrogens with two attached hydrogens (primary N) is 1. The van der Waals surface area contributed by atoms with Gasteiger partial charge in [0, 0.05) is 0 Å². The molecule has 2 N–H and O–H groups in total. The molecule has 0 saturated carbocycles. The van der Waals surface area contributed by atoms with Gasteiger partial charge in [0.25, 0.3) is 5.17 Å². The molecule has 9 heavy (non-hydrogen) atoms. The van der Waals surface area contributed by atoms with Crippen LogP contribution in [0, 0.1) is 0 Å². The summed E-state index contributed by atoms with van der Waals surface area (Å²) in [5, 5.41) is 0.158. The fraction of sp³-hybridized carbons (Fsp3) is 0.833. The van der Waals surface area contributed by atoms with Crippen molar-refractivity contribution in [2.24, 2.45) is 5.73 Å². The molecule has 0 aromatic carbocycles. The first kappa shape index (κ1) is 8.69. The molecule has 0 atom stereocenters. The molecule has 0 amide bonds. The zero-order valence-corrected chi connectivity index (χ0v) is 6.54. The van der Waals surface area contributed by atoms with Crippen LogP contribution >= 0.6 is 12.2 Å². The number of hydrogen-bond donors (Lipinski definition) is 1. The van der Waals surface area contributed by atoms with Gasteiger partial charge in [0.15, 0.2) is 0 Å². The van der Waals surface area contributed by atoms with Gasteiger partial charge < -0.3 is 10.5 Å². The largest absolute Gasteiger partial charge is 0.471 e. The highest BCUT2D eigenvalue weighted by atomic mass is 32.1. The second-order valence-corrected chi connectivity index (χ2v) is 2.28. The first-order chi connectivity index (χ1) is 4.27. The SMILES string of the molecule is CCCCCOC(N)=S. The van der Waals surface area contributed by atoms with Gasteiger partial charge in [-0.1, -0.05) is 19.8 Å². The molecule has 0 bridgehead atoms. The van der Waals surface area contributed by atoms with Gasteiger partial charge in [0.2, 0.25) is 0 Å².